The number of rotatable bonds is 3. The van der Waals surface area contributed by atoms with E-state index in [4.69, 9.17) is 4.74 Å². The minimum atomic E-state index is 0.000463. The molecule has 2 rings (SSSR count). The van der Waals surface area contributed by atoms with Crippen molar-refractivity contribution < 1.29 is 9.53 Å². The van der Waals surface area contributed by atoms with Gasteiger partial charge in [0.05, 0.1) is 6.10 Å². The number of ether oxygens (including phenoxy) is 1. The summed E-state index contributed by atoms with van der Waals surface area (Å²) in [7, 11) is 0. The Hall–Kier alpha value is -0.620. The van der Waals surface area contributed by atoms with E-state index in [1.807, 2.05) is 24.3 Å². The van der Waals surface area contributed by atoms with Crippen molar-refractivity contribution in [3.05, 3.63) is 33.4 Å². The highest BCUT2D eigenvalue weighted by atomic mass is 127. The Balaban J connectivity index is 1.87. The molecule has 17 heavy (non-hydrogen) atoms. The summed E-state index contributed by atoms with van der Waals surface area (Å²) in [6, 6.07) is 7.59. The lowest BCUT2D eigenvalue weighted by Gasteiger charge is -2.14. The van der Waals surface area contributed by atoms with Gasteiger partial charge < -0.3 is 10.1 Å². The molecule has 4 heteroatoms. The number of hydrogen-bond acceptors (Lipinski definition) is 2. The van der Waals surface area contributed by atoms with Crippen LogP contribution in [0.3, 0.4) is 0 Å². The molecule has 0 aromatic heterocycles. The monoisotopic (exact) mass is 345 g/mol. The first-order valence-corrected chi connectivity index (χ1v) is 6.90. The maximum atomic E-state index is 11.9. The van der Waals surface area contributed by atoms with E-state index in [1.165, 1.54) is 0 Å². The third-order valence-electron chi connectivity index (χ3n) is 3.16. The van der Waals surface area contributed by atoms with E-state index in [2.05, 4.69) is 34.8 Å². The summed E-state index contributed by atoms with van der Waals surface area (Å²) in [5.41, 5.74) is 0.719. The fourth-order valence-electron chi connectivity index (χ4n) is 1.97. The van der Waals surface area contributed by atoms with Crippen LogP contribution in [0.5, 0.6) is 0 Å². The first-order valence-electron chi connectivity index (χ1n) is 5.82. The van der Waals surface area contributed by atoms with Crippen LogP contribution in [0.4, 0.5) is 0 Å². The molecule has 0 bridgehead atoms. The van der Waals surface area contributed by atoms with Gasteiger partial charge in [-0.15, -0.1) is 0 Å². The quantitative estimate of drug-likeness (QED) is 0.855. The van der Waals surface area contributed by atoms with Crippen LogP contribution >= 0.6 is 22.6 Å². The minimum absolute atomic E-state index is 0.000463. The summed E-state index contributed by atoms with van der Waals surface area (Å²) in [5.74, 6) is 0.447. The van der Waals surface area contributed by atoms with E-state index in [0.717, 1.165) is 22.2 Å². The molecule has 1 amide bonds. The molecule has 1 saturated heterocycles. The topological polar surface area (TPSA) is 38.3 Å². The zero-order chi connectivity index (χ0) is 12.3. The molecule has 1 aromatic carbocycles. The van der Waals surface area contributed by atoms with Gasteiger partial charge in [-0.1, -0.05) is 0 Å². The third kappa shape index (κ3) is 3.42. The van der Waals surface area contributed by atoms with Gasteiger partial charge in [0.2, 0.25) is 0 Å². The SMILES string of the molecule is CC1OCCC1CNC(=O)c1ccc(I)cc1. The molecule has 2 atom stereocenters. The Morgan fingerprint density at radius 3 is 2.76 bits per heavy atom. The zero-order valence-electron chi connectivity index (χ0n) is 9.78. The van der Waals surface area contributed by atoms with Gasteiger partial charge in [-0.2, -0.15) is 0 Å². The number of halogens is 1. The number of carbonyl (C=O) groups is 1. The average molecular weight is 345 g/mol. The van der Waals surface area contributed by atoms with Crippen molar-refractivity contribution >= 4 is 28.5 Å². The lowest BCUT2D eigenvalue weighted by atomic mass is 10.0. The summed E-state index contributed by atoms with van der Waals surface area (Å²) in [6.07, 6.45) is 1.29. The molecule has 0 radical (unpaired) electrons. The summed E-state index contributed by atoms with van der Waals surface area (Å²) < 4.78 is 6.60. The van der Waals surface area contributed by atoms with Crippen molar-refractivity contribution in [2.75, 3.05) is 13.2 Å². The third-order valence-corrected chi connectivity index (χ3v) is 3.88. The Morgan fingerprint density at radius 1 is 1.47 bits per heavy atom. The van der Waals surface area contributed by atoms with Gasteiger partial charge in [-0.05, 0) is 60.2 Å². The van der Waals surface area contributed by atoms with Gasteiger partial charge in [0.1, 0.15) is 0 Å². The number of hydrogen-bond donors (Lipinski definition) is 1. The van der Waals surface area contributed by atoms with E-state index in [0.29, 0.717) is 12.5 Å². The van der Waals surface area contributed by atoms with Crippen molar-refractivity contribution in [3.63, 3.8) is 0 Å². The van der Waals surface area contributed by atoms with Crippen molar-refractivity contribution in [2.45, 2.75) is 19.4 Å². The summed E-state index contributed by atoms with van der Waals surface area (Å²) >= 11 is 2.23. The molecule has 1 fully saturated rings. The summed E-state index contributed by atoms with van der Waals surface area (Å²) in [4.78, 5) is 11.9. The summed E-state index contributed by atoms with van der Waals surface area (Å²) in [6.45, 7) is 3.58. The molecule has 1 aliphatic rings. The molecule has 92 valence electrons. The highest BCUT2D eigenvalue weighted by Gasteiger charge is 2.24. The van der Waals surface area contributed by atoms with E-state index in [9.17, 15) is 4.79 Å². The molecule has 1 N–H and O–H groups in total. The van der Waals surface area contributed by atoms with Crippen molar-refractivity contribution in [2.24, 2.45) is 5.92 Å². The molecular weight excluding hydrogens is 329 g/mol. The Kier molecular flexibility index (Phi) is 4.39. The second kappa shape index (κ2) is 5.82. The number of carbonyl (C=O) groups excluding carboxylic acids is 1. The van der Waals surface area contributed by atoms with Crippen LogP contribution in [0.15, 0.2) is 24.3 Å². The highest BCUT2D eigenvalue weighted by molar-refractivity contribution is 14.1. The van der Waals surface area contributed by atoms with E-state index in [1.54, 1.807) is 0 Å². The van der Waals surface area contributed by atoms with E-state index in [-0.39, 0.29) is 12.0 Å². The first kappa shape index (κ1) is 12.8. The second-order valence-corrected chi connectivity index (χ2v) is 5.59. The molecule has 0 aliphatic carbocycles. The van der Waals surface area contributed by atoms with Gasteiger partial charge >= 0.3 is 0 Å². The average Bonchev–Trinajstić information content (AvgIpc) is 2.73. The Labute approximate surface area is 115 Å². The van der Waals surface area contributed by atoms with Crippen LogP contribution in [-0.4, -0.2) is 25.2 Å². The van der Waals surface area contributed by atoms with Crippen LogP contribution in [0, 0.1) is 9.49 Å². The predicted octanol–water partition coefficient (Wildman–Crippen LogP) is 2.45. The van der Waals surface area contributed by atoms with Gasteiger partial charge in [0.15, 0.2) is 0 Å². The van der Waals surface area contributed by atoms with Crippen molar-refractivity contribution in [1.82, 2.24) is 5.32 Å². The molecular formula is C13H16INO2. The zero-order valence-corrected chi connectivity index (χ0v) is 11.9. The highest BCUT2D eigenvalue weighted by Crippen LogP contribution is 2.19. The van der Waals surface area contributed by atoms with Gasteiger partial charge in [-0.3, -0.25) is 4.79 Å². The standard InChI is InChI=1S/C13H16INO2/c1-9-11(6-7-17-9)8-15-13(16)10-2-4-12(14)5-3-10/h2-5,9,11H,6-8H2,1H3,(H,15,16). The van der Waals surface area contributed by atoms with E-state index < -0.39 is 0 Å². The van der Waals surface area contributed by atoms with Crippen LogP contribution in [0.2, 0.25) is 0 Å². The molecule has 1 aliphatic heterocycles. The maximum absolute atomic E-state index is 11.9. The fraction of sp³-hybridized carbons (Fsp3) is 0.462. The Bertz CT molecular complexity index is 391. The summed E-state index contributed by atoms with van der Waals surface area (Å²) in [5, 5.41) is 2.97. The normalized spacial score (nSPS) is 23.6. The van der Waals surface area contributed by atoms with Gasteiger partial charge in [-0.25, -0.2) is 0 Å². The molecule has 1 aromatic rings. The van der Waals surface area contributed by atoms with Crippen molar-refractivity contribution in [1.29, 1.82) is 0 Å². The smallest absolute Gasteiger partial charge is 0.251 e. The van der Waals surface area contributed by atoms with Gasteiger partial charge in [0, 0.05) is 28.2 Å². The number of amides is 1. The molecule has 0 saturated carbocycles. The van der Waals surface area contributed by atoms with Crippen LogP contribution in [-0.2, 0) is 4.74 Å². The molecule has 3 nitrogen and oxygen atoms in total. The predicted molar refractivity (Wildman–Crippen MR) is 75.0 cm³/mol. The first-order chi connectivity index (χ1) is 8.16. The lowest BCUT2D eigenvalue weighted by Crippen LogP contribution is -2.31. The van der Waals surface area contributed by atoms with Crippen LogP contribution in [0.1, 0.15) is 23.7 Å². The van der Waals surface area contributed by atoms with Crippen molar-refractivity contribution in [3.8, 4) is 0 Å². The largest absolute Gasteiger partial charge is 0.378 e. The van der Waals surface area contributed by atoms with E-state index >= 15 is 0 Å². The molecule has 1 heterocycles. The number of benzene rings is 1. The van der Waals surface area contributed by atoms with Crippen LogP contribution in [0.25, 0.3) is 0 Å². The Morgan fingerprint density at radius 2 is 2.18 bits per heavy atom. The minimum Gasteiger partial charge on any atom is -0.378 e. The van der Waals surface area contributed by atoms with Gasteiger partial charge in [0.25, 0.3) is 5.91 Å². The fourth-order valence-corrected chi connectivity index (χ4v) is 2.33. The molecule has 2 unspecified atom stereocenters. The lowest BCUT2D eigenvalue weighted by molar-refractivity contribution is 0.0907. The van der Waals surface area contributed by atoms with Crippen LogP contribution < -0.4 is 5.32 Å². The maximum Gasteiger partial charge on any atom is 0.251 e. The second-order valence-electron chi connectivity index (χ2n) is 4.34. The molecule has 0 spiro atoms. The number of nitrogens with one attached hydrogen (secondary N) is 1.